The summed E-state index contributed by atoms with van der Waals surface area (Å²) >= 11 is 0. The molecule has 0 saturated heterocycles. The number of aryl methyl sites for hydroxylation is 1. The maximum Gasteiger partial charge on any atom is 0.0600 e. The molecule has 82 valence electrons. The Morgan fingerprint density at radius 1 is 1.40 bits per heavy atom. The number of anilines is 2. The average Bonchev–Trinajstić information content (AvgIpc) is 2.14. The van der Waals surface area contributed by atoms with Gasteiger partial charge in [0.05, 0.1) is 11.4 Å². The number of nitrogens with one attached hydrogen (secondary N) is 1. The summed E-state index contributed by atoms with van der Waals surface area (Å²) in [7, 11) is 2.16. The van der Waals surface area contributed by atoms with Gasteiger partial charge in [-0.3, -0.25) is 0 Å². The van der Waals surface area contributed by atoms with Crippen LogP contribution in [-0.2, 0) is 6.42 Å². The molecule has 0 amide bonds. The van der Waals surface area contributed by atoms with E-state index in [0.717, 1.165) is 13.0 Å². The number of rotatable bonds is 1. The van der Waals surface area contributed by atoms with Gasteiger partial charge in [-0.25, -0.2) is 0 Å². The molecule has 0 radical (unpaired) electrons. The van der Waals surface area contributed by atoms with Gasteiger partial charge in [-0.15, -0.1) is 0 Å². The number of nitrogens with zero attached hydrogens (tertiary/aromatic N) is 1. The average molecular weight is 204 g/mol. The van der Waals surface area contributed by atoms with E-state index in [2.05, 4.69) is 56.2 Å². The molecule has 0 fully saturated rings. The van der Waals surface area contributed by atoms with Crippen LogP contribution in [0.1, 0.15) is 26.3 Å². The van der Waals surface area contributed by atoms with Crippen LogP contribution in [-0.4, -0.2) is 19.1 Å². The highest BCUT2D eigenvalue weighted by atomic mass is 15.2. The van der Waals surface area contributed by atoms with Crippen LogP contribution in [0.2, 0.25) is 0 Å². The van der Waals surface area contributed by atoms with Crippen LogP contribution < -0.4 is 10.2 Å². The van der Waals surface area contributed by atoms with Crippen LogP contribution in [0.15, 0.2) is 18.2 Å². The molecule has 0 aliphatic carbocycles. The van der Waals surface area contributed by atoms with Gasteiger partial charge in [0.25, 0.3) is 0 Å². The third kappa shape index (κ3) is 1.94. The Balaban J connectivity index is 2.42. The Labute approximate surface area is 92.3 Å². The van der Waals surface area contributed by atoms with E-state index in [1.807, 2.05) is 0 Å². The SMILES string of the molecule is CCc1ccc2c(c1)NC(C)(C)CN2C. The third-order valence-corrected chi connectivity index (χ3v) is 2.99. The molecule has 1 aliphatic rings. The standard InChI is InChI=1S/C13H20N2/c1-5-10-6-7-12-11(8-10)14-13(2,3)9-15(12)4/h6-8,14H,5,9H2,1-4H3. The second-order valence-corrected chi connectivity index (χ2v) is 5.07. The monoisotopic (exact) mass is 204 g/mol. The first-order valence-corrected chi connectivity index (χ1v) is 5.64. The van der Waals surface area contributed by atoms with E-state index >= 15 is 0 Å². The van der Waals surface area contributed by atoms with Gasteiger partial charge in [-0.05, 0) is 38.0 Å². The normalized spacial score (nSPS) is 18.3. The zero-order valence-corrected chi connectivity index (χ0v) is 10.1. The van der Waals surface area contributed by atoms with Crippen molar-refractivity contribution in [2.45, 2.75) is 32.7 Å². The highest BCUT2D eigenvalue weighted by molar-refractivity contribution is 5.74. The molecule has 0 bridgehead atoms. The van der Waals surface area contributed by atoms with Crippen molar-refractivity contribution in [2.24, 2.45) is 0 Å². The summed E-state index contributed by atoms with van der Waals surface area (Å²) in [5, 5.41) is 3.60. The lowest BCUT2D eigenvalue weighted by Crippen LogP contribution is -2.46. The maximum absolute atomic E-state index is 3.60. The van der Waals surface area contributed by atoms with E-state index in [1.54, 1.807) is 0 Å². The highest BCUT2D eigenvalue weighted by Gasteiger charge is 2.27. The first kappa shape index (κ1) is 10.3. The van der Waals surface area contributed by atoms with Crippen molar-refractivity contribution in [2.75, 3.05) is 23.8 Å². The van der Waals surface area contributed by atoms with E-state index in [4.69, 9.17) is 0 Å². The molecule has 0 atom stereocenters. The van der Waals surface area contributed by atoms with E-state index in [0.29, 0.717) is 0 Å². The van der Waals surface area contributed by atoms with Crippen LogP contribution >= 0.6 is 0 Å². The maximum atomic E-state index is 3.60. The zero-order valence-electron chi connectivity index (χ0n) is 10.1. The Kier molecular flexibility index (Phi) is 2.37. The van der Waals surface area contributed by atoms with Crippen molar-refractivity contribution >= 4 is 11.4 Å². The molecular formula is C13H20N2. The van der Waals surface area contributed by atoms with Crippen molar-refractivity contribution in [1.29, 1.82) is 0 Å². The summed E-state index contributed by atoms with van der Waals surface area (Å²) in [4.78, 5) is 2.32. The summed E-state index contributed by atoms with van der Waals surface area (Å²) in [6.07, 6.45) is 1.10. The zero-order chi connectivity index (χ0) is 11.1. The van der Waals surface area contributed by atoms with Crippen LogP contribution in [0.5, 0.6) is 0 Å². The smallest absolute Gasteiger partial charge is 0.0600 e. The molecule has 2 rings (SSSR count). The quantitative estimate of drug-likeness (QED) is 0.756. The Morgan fingerprint density at radius 2 is 2.13 bits per heavy atom. The van der Waals surface area contributed by atoms with Crippen LogP contribution in [0.25, 0.3) is 0 Å². The minimum absolute atomic E-state index is 0.161. The van der Waals surface area contributed by atoms with E-state index in [1.165, 1.54) is 16.9 Å². The van der Waals surface area contributed by atoms with Crippen LogP contribution in [0.3, 0.4) is 0 Å². The van der Waals surface area contributed by atoms with Gasteiger partial charge in [0.1, 0.15) is 0 Å². The summed E-state index contributed by atoms with van der Waals surface area (Å²) in [6, 6.07) is 6.71. The van der Waals surface area contributed by atoms with Gasteiger partial charge < -0.3 is 10.2 Å². The number of fused-ring (bicyclic) bond motifs is 1. The minimum atomic E-state index is 0.161. The number of benzene rings is 1. The van der Waals surface area contributed by atoms with E-state index in [-0.39, 0.29) is 5.54 Å². The molecular weight excluding hydrogens is 184 g/mol. The molecule has 1 aromatic rings. The molecule has 2 nitrogen and oxygen atoms in total. The molecule has 1 aliphatic heterocycles. The first-order valence-electron chi connectivity index (χ1n) is 5.64. The minimum Gasteiger partial charge on any atom is -0.377 e. The topological polar surface area (TPSA) is 15.3 Å². The molecule has 1 aromatic carbocycles. The van der Waals surface area contributed by atoms with Gasteiger partial charge in [0.2, 0.25) is 0 Å². The van der Waals surface area contributed by atoms with Crippen molar-refractivity contribution in [3.63, 3.8) is 0 Å². The van der Waals surface area contributed by atoms with Crippen molar-refractivity contribution in [3.8, 4) is 0 Å². The van der Waals surface area contributed by atoms with Gasteiger partial charge in [0.15, 0.2) is 0 Å². The molecule has 0 spiro atoms. The molecule has 2 heteroatoms. The van der Waals surface area contributed by atoms with Crippen molar-refractivity contribution < 1.29 is 0 Å². The predicted molar refractivity (Wildman–Crippen MR) is 66.8 cm³/mol. The lowest BCUT2D eigenvalue weighted by atomic mass is 9.98. The van der Waals surface area contributed by atoms with Crippen molar-refractivity contribution in [1.82, 2.24) is 0 Å². The second-order valence-electron chi connectivity index (χ2n) is 5.07. The molecule has 0 saturated carbocycles. The highest BCUT2D eigenvalue weighted by Crippen LogP contribution is 2.34. The van der Waals surface area contributed by atoms with E-state index in [9.17, 15) is 0 Å². The van der Waals surface area contributed by atoms with Gasteiger partial charge in [-0.2, -0.15) is 0 Å². The van der Waals surface area contributed by atoms with Crippen molar-refractivity contribution in [3.05, 3.63) is 23.8 Å². The van der Waals surface area contributed by atoms with Crippen LogP contribution in [0, 0.1) is 0 Å². The lowest BCUT2D eigenvalue weighted by Gasteiger charge is -2.40. The molecule has 0 aromatic heterocycles. The fourth-order valence-corrected chi connectivity index (χ4v) is 2.32. The molecule has 1 N–H and O–H groups in total. The molecule has 0 unspecified atom stereocenters. The summed E-state index contributed by atoms with van der Waals surface area (Å²) in [5.74, 6) is 0. The Hall–Kier alpha value is -1.18. The predicted octanol–water partition coefficient (Wildman–Crippen LogP) is 2.89. The third-order valence-electron chi connectivity index (χ3n) is 2.99. The second kappa shape index (κ2) is 3.44. The number of hydrogen-bond acceptors (Lipinski definition) is 2. The van der Waals surface area contributed by atoms with Crippen LogP contribution in [0.4, 0.5) is 11.4 Å². The fourth-order valence-electron chi connectivity index (χ4n) is 2.32. The number of likely N-dealkylation sites (N-methyl/N-ethyl adjacent to an activating group) is 1. The van der Waals surface area contributed by atoms with Gasteiger partial charge in [-0.1, -0.05) is 13.0 Å². The molecule has 15 heavy (non-hydrogen) atoms. The Morgan fingerprint density at radius 3 is 2.80 bits per heavy atom. The first-order chi connectivity index (χ1) is 7.02. The van der Waals surface area contributed by atoms with Gasteiger partial charge >= 0.3 is 0 Å². The lowest BCUT2D eigenvalue weighted by molar-refractivity contribution is 0.550. The Bertz CT molecular complexity index is 369. The summed E-state index contributed by atoms with van der Waals surface area (Å²) in [6.45, 7) is 7.72. The molecule has 1 heterocycles. The van der Waals surface area contributed by atoms with Gasteiger partial charge in [0, 0.05) is 19.1 Å². The largest absolute Gasteiger partial charge is 0.377 e. The fraction of sp³-hybridized carbons (Fsp3) is 0.538. The number of hydrogen-bond donors (Lipinski definition) is 1. The summed E-state index contributed by atoms with van der Waals surface area (Å²) < 4.78 is 0. The summed E-state index contributed by atoms with van der Waals surface area (Å²) in [5.41, 5.74) is 4.14. The van der Waals surface area contributed by atoms with E-state index < -0.39 is 0 Å².